The van der Waals surface area contributed by atoms with E-state index >= 15 is 0 Å². The Bertz CT molecular complexity index is 601. The van der Waals surface area contributed by atoms with E-state index in [1.807, 2.05) is 30.3 Å². The summed E-state index contributed by atoms with van der Waals surface area (Å²) < 4.78 is 6.28. The summed E-state index contributed by atoms with van der Waals surface area (Å²) in [6.07, 6.45) is 3.59. The van der Waals surface area contributed by atoms with Crippen molar-refractivity contribution in [2.75, 3.05) is 13.6 Å². The molecule has 0 radical (unpaired) electrons. The van der Waals surface area contributed by atoms with Crippen molar-refractivity contribution in [3.63, 3.8) is 0 Å². The van der Waals surface area contributed by atoms with Crippen molar-refractivity contribution in [1.82, 2.24) is 4.90 Å². The maximum atomic E-state index is 6.28. The van der Waals surface area contributed by atoms with Crippen LogP contribution in [0.2, 0.25) is 5.02 Å². The van der Waals surface area contributed by atoms with Crippen molar-refractivity contribution in [3.05, 3.63) is 65.2 Å². The van der Waals surface area contributed by atoms with Crippen LogP contribution < -0.4 is 4.74 Å². The first-order chi connectivity index (χ1) is 10.7. The van der Waals surface area contributed by atoms with Crippen LogP contribution in [0.3, 0.4) is 0 Å². The molecule has 0 spiro atoms. The van der Waals surface area contributed by atoms with Gasteiger partial charge in [0.25, 0.3) is 0 Å². The minimum atomic E-state index is 0.0604. The first-order valence-corrected chi connectivity index (χ1v) is 8.27. The molecule has 2 atom stereocenters. The maximum Gasteiger partial charge on any atom is 0.125 e. The van der Waals surface area contributed by atoms with Gasteiger partial charge < -0.3 is 9.64 Å². The Morgan fingerprint density at radius 1 is 1.18 bits per heavy atom. The highest BCUT2D eigenvalue weighted by Crippen LogP contribution is 2.31. The number of rotatable bonds is 5. The highest BCUT2D eigenvalue weighted by atomic mass is 35.5. The topological polar surface area (TPSA) is 12.5 Å². The smallest absolute Gasteiger partial charge is 0.125 e. The van der Waals surface area contributed by atoms with E-state index in [4.69, 9.17) is 16.3 Å². The lowest BCUT2D eigenvalue weighted by molar-refractivity contribution is 0.152. The molecule has 2 aromatic rings. The number of hydrogen-bond donors (Lipinski definition) is 0. The molecule has 2 aromatic carbocycles. The number of benzene rings is 2. The third kappa shape index (κ3) is 3.82. The highest BCUT2D eigenvalue weighted by Gasteiger charge is 2.26. The van der Waals surface area contributed by atoms with E-state index < -0.39 is 0 Å². The molecular formula is C19H22ClNO. The number of likely N-dealkylation sites (tertiary alicyclic amines) is 1. The van der Waals surface area contributed by atoms with Crippen LogP contribution in [0.4, 0.5) is 0 Å². The summed E-state index contributed by atoms with van der Waals surface area (Å²) in [4.78, 5) is 2.44. The van der Waals surface area contributed by atoms with E-state index in [2.05, 4.69) is 36.2 Å². The predicted molar refractivity (Wildman–Crippen MR) is 91.5 cm³/mol. The normalized spacial score (nSPS) is 20.0. The Balaban J connectivity index is 1.79. The molecule has 1 heterocycles. The monoisotopic (exact) mass is 315 g/mol. The van der Waals surface area contributed by atoms with Crippen molar-refractivity contribution < 1.29 is 4.74 Å². The average Bonchev–Trinajstić information content (AvgIpc) is 2.93. The van der Waals surface area contributed by atoms with Gasteiger partial charge in [0.05, 0.1) is 0 Å². The van der Waals surface area contributed by atoms with Crippen LogP contribution >= 0.6 is 11.6 Å². The van der Waals surface area contributed by atoms with E-state index in [-0.39, 0.29) is 6.10 Å². The summed E-state index contributed by atoms with van der Waals surface area (Å²) in [5, 5.41) is 0.710. The zero-order valence-electron chi connectivity index (χ0n) is 12.9. The van der Waals surface area contributed by atoms with Gasteiger partial charge in [0.1, 0.15) is 11.9 Å². The molecule has 0 aliphatic carbocycles. The van der Waals surface area contributed by atoms with Gasteiger partial charge in [-0.3, -0.25) is 0 Å². The molecule has 2 nitrogen and oxygen atoms in total. The van der Waals surface area contributed by atoms with Gasteiger partial charge in [0, 0.05) is 17.5 Å². The van der Waals surface area contributed by atoms with Crippen LogP contribution in [0.5, 0.6) is 5.75 Å². The summed E-state index contributed by atoms with van der Waals surface area (Å²) in [7, 11) is 2.21. The summed E-state index contributed by atoms with van der Waals surface area (Å²) in [5.74, 6) is 0.835. The minimum absolute atomic E-state index is 0.0604. The van der Waals surface area contributed by atoms with Crippen LogP contribution in [0.1, 0.15) is 30.9 Å². The van der Waals surface area contributed by atoms with Crippen LogP contribution in [0.25, 0.3) is 0 Å². The summed E-state index contributed by atoms with van der Waals surface area (Å²) in [6.45, 7) is 1.18. The molecule has 2 unspecified atom stereocenters. The van der Waals surface area contributed by atoms with Crippen molar-refractivity contribution in [2.45, 2.75) is 31.4 Å². The Kier molecular flexibility index (Phi) is 5.01. The Morgan fingerprint density at radius 3 is 2.68 bits per heavy atom. The van der Waals surface area contributed by atoms with Gasteiger partial charge in [0.2, 0.25) is 0 Å². The molecule has 1 aliphatic rings. The van der Waals surface area contributed by atoms with Gasteiger partial charge in [-0.25, -0.2) is 0 Å². The van der Waals surface area contributed by atoms with Crippen molar-refractivity contribution >= 4 is 11.6 Å². The molecule has 1 saturated heterocycles. The summed E-state index contributed by atoms with van der Waals surface area (Å²) in [5.41, 5.74) is 1.22. The standard InChI is InChI=1S/C19H22ClNO/c1-21-12-6-10-17(21)14-19(15-7-3-2-4-8-15)22-18-11-5-9-16(20)13-18/h2-5,7-9,11,13,17,19H,6,10,12,14H2,1H3. The summed E-state index contributed by atoms with van der Waals surface area (Å²) in [6, 6.07) is 18.7. The average molecular weight is 316 g/mol. The fourth-order valence-corrected chi connectivity index (χ4v) is 3.33. The second-order valence-electron chi connectivity index (χ2n) is 5.99. The SMILES string of the molecule is CN1CCCC1CC(Oc1cccc(Cl)c1)c1ccccc1. The minimum Gasteiger partial charge on any atom is -0.486 e. The predicted octanol–water partition coefficient (Wildman–Crippen LogP) is 4.94. The van der Waals surface area contributed by atoms with Crippen molar-refractivity contribution in [2.24, 2.45) is 0 Å². The lowest BCUT2D eigenvalue weighted by Gasteiger charge is -2.26. The Hall–Kier alpha value is -1.51. The Labute approximate surface area is 137 Å². The van der Waals surface area contributed by atoms with E-state index in [9.17, 15) is 0 Å². The van der Waals surface area contributed by atoms with Gasteiger partial charge in [-0.15, -0.1) is 0 Å². The summed E-state index contributed by atoms with van der Waals surface area (Å²) >= 11 is 6.08. The molecule has 3 rings (SSSR count). The third-order valence-corrected chi connectivity index (χ3v) is 4.64. The fraction of sp³-hybridized carbons (Fsp3) is 0.368. The first-order valence-electron chi connectivity index (χ1n) is 7.90. The third-order valence-electron chi connectivity index (χ3n) is 4.40. The van der Waals surface area contributed by atoms with Crippen LogP contribution in [0.15, 0.2) is 54.6 Å². The largest absolute Gasteiger partial charge is 0.486 e. The molecule has 0 N–H and O–H groups in total. The van der Waals surface area contributed by atoms with Gasteiger partial charge in [-0.05, 0) is 50.2 Å². The zero-order valence-corrected chi connectivity index (χ0v) is 13.7. The number of hydrogen-bond acceptors (Lipinski definition) is 2. The fourth-order valence-electron chi connectivity index (χ4n) is 3.15. The molecule has 1 fully saturated rings. The number of halogens is 1. The van der Waals surface area contributed by atoms with E-state index in [0.29, 0.717) is 11.1 Å². The second kappa shape index (κ2) is 7.17. The first kappa shape index (κ1) is 15.4. The van der Waals surface area contributed by atoms with Gasteiger partial charge in [-0.1, -0.05) is 48.0 Å². The Morgan fingerprint density at radius 2 is 2.00 bits per heavy atom. The van der Waals surface area contributed by atoms with Crippen LogP contribution in [-0.4, -0.2) is 24.5 Å². The van der Waals surface area contributed by atoms with Crippen molar-refractivity contribution in [3.8, 4) is 5.75 Å². The van der Waals surface area contributed by atoms with E-state index in [1.54, 1.807) is 0 Å². The molecule has 116 valence electrons. The lowest BCUT2D eigenvalue weighted by atomic mass is 10.0. The molecule has 0 amide bonds. The molecular weight excluding hydrogens is 294 g/mol. The number of nitrogens with zero attached hydrogens (tertiary/aromatic N) is 1. The molecule has 22 heavy (non-hydrogen) atoms. The lowest BCUT2D eigenvalue weighted by Crippen LogP contribution is -2.28. The molecule has 0 aromatic heterocycles. The van der Waals surface area contributed by atoms with Gasteiger partial charge in [0.15, 0.2) is 0 Å². The second-order valence-corrected chi connectivity index (χ2v) is 6.42. The van der Waals surface area contributed by atoms with E-state index in [1.165, 1.54) is 24.9 Å². The molecule has 1 aliphatic heterocycles. The van der Waals surface area contributed by atoms with Gasteiger partial charge in [-0.2, -0.15) is 0 Å². The van der Waals surface area contributed by atoms with Crippen LogP contribution in [-0.2, 0) is 0 Å². The molecule has 3 heteroatoms. The quantitative estimate of drug-likeness (QED) is 0.774. The highest BCUT2D eigenvalue weighted by molar-refractivity contribution is 6.30. The maximum absolute atomic E-state index is 6.28. The van der Waals surface area contributed by atoms with Crippen molar-refractivity contribution in [1.29, 1.82) is 0 Å². The number of ether oxygens (including phenoxy) is 1. The molecule has 0 saturated carbocycles. The van der Waals surface area contributed by atoms with Gasteiger partial charge >= 0.3 is 0 Å². The molecule has 0 bridgehead atoms. The zero-order chi connectivity index (χ0) is 15.4. The van der Waals surface area contributed by atoms with E-state index in [0.717, 1.165) is 12.2 Å². The van der Waals surface area contributed by atoms with Crippen LogP contribution in [0, 0.1) is 0 Å².